The minimum atomic E-state index is -0.247. The van der Waals surface area contributed by atoms with E-state index in [1.54, 1.807) is 0 Å². The van der Waals surface area contributed by atoms with E-state index < -0.39 is 0 Å². The van der Waals surface area contributed by atoms with Gasteiger partial charge in [0.25, 0.3) is 0 Å². The fourth-order valence-corrected chi connectivity index (χ4v) is 1.88. The number of carbonyl (C=O) groups is 1. The van der Waals surface area contributed by atoms with E-state index in [1.807, 2.05) is 25.5 Å². The number of rotatable bonds is 2. The van der Waals surface area contributed by atoms with Gasteiger partial charge in [0.2, 0.25) is 0 Å². The third-order valence-electron chi connectivity index (χ3n) is 1.93. The van der Waals surface area contributed by atoms with Crippen LogP contribution in [0.1, 0.15) is 22.0 Å². The van der Waals surface area contributed by atoms with E-state index >= 15 is 0 Å². The Balaban J connectivity index is 3.21. The summed E-state index contributed by atoms with van der Waals surface area (Å²) >= 11 is 3.27. The van der Waals surface area contributed by atoms with Gasteiger partial charge in [0.05, 0.1) is 11.4 Å². The Labute approximate surface area is 79.9 Å². The molecule has 3 nitrogen and oxygen atoms in total. The van der Waals surface area contributed by atoms with Gasteiger partial charge in [-0.05, 0) is 13.8 Å². The van der Waals surface area contributed by atoms with Crippen LogP contribution in [0.2, 0.25) is 0 Å². The van der Waals surface area contributed by atoms with Crippen molar-refractivity contribution in [1.82, 2.24) is 9.55 Å². The van der Waals surface area contributed by atoms with Crippen molar-refractivity contribution in [2.24, 2.45) is 7.05 Å². The van der Waals surface area contributed by atoms with Crippen molar-refractivity contribution in [3.8, 4) is 0 Å². The highest BCUT2D eigenvalue weighted by atomic mass is 79.9. The molecule has 0 aromatic carbocycles. The minimum absolute atomic E-state index is 0.247. The van der Waals surface area contributed by atoms with Gasteiger partial charge in [-0.2, -0.15) is 0 Å². The Kier molecular flexibility index (Phi) is 2.67. The number of nitrogens with zero attached hydrogens (tertiary/aromatic N) is 2. The van der Waals surface area contributed by atoms with Crippen molar-refractivity contribution in [1.29, 1.82) is 0 Å². The van der Waals surface area contributed by atoms with Gasteiger partial charge < -0.3 is 9.36 Å². The van der Waals surface area contributed by atoms with Crippen LogP contribution in [0.15, 0.2) is 0 Å². The average Bonchev–Trinajstić information content (AvgIpc) is 2.26. The fourth-order valence-electron chi connectivity index (χ4n) is 1.24. The van der Waals surface area contributed by atoms with Crippen LogP contribution < -0.4 is 0 Å². The zero-order valence-electron chi connectivity index (χ0n) is 7.34. The second-order valence-electron chi connectivity index (χ2n) is 2.73. The summed E-state index contributed by atoms with van der Waals surface area (Å²) in [5.74, 6) is 0.925. The highest BCUT2D eigenvalue weighted by Crippen LogP contribution is 2.23. The summed E-state index contributed by atoms with van der Waals surface area (Å²) in [5.41, 5.74) is 1.84. The number of alkyl halides is 1. The zero-order valence-corrected chi connectivity index (χ0v) is 8.92. The van der Waals surface area contributed by atoms with Crippen LogP contribution in [0.4, 0.5) is 0 Å². The van der Waals surface area contributed by atoms with Crippen LogP contribution in [0.25, 0.3) is 0 Å². The summed E-state index contributed by atoms with van der Waals surface area (Å²) < 4.78 is 1.92. The minimum Gasteiger partial charge on any atom is -0.334 e. The molecular formula is C8H11BrN2O. The predicted molar refractivity (Wildman–Crippen MR) is 50.4 cm³/mol. The summed E-state index contributed by atoms with van der Waals surface area (Å²) in [5, 5.41) is 0. The van der Waals surface area contributed by atoms with Crippen molar-refractivity contribution >= 4 is 22.2 Å². The molecule has 12 heavy (non-hydrogen) atoms. The first-order valence-corrected chi connectivity index (χ1v) is 4.58. The molecular weight excluding hydrogens is 220 g/mol. The summed E-state index contributed by atoms with van der Waals surface area (Å²) in [6.07, 6.45) is 0.865. The van der Waals surface area contributed by atoms with E-state index in [-0.39, 0.29) is 4.83 Å². The lowest BCUT2D eigenvalue weighted by Crippen LogP contribution is -2.02. The largest absolute Gasteiger partial charge is 0.334 e. The highest BCUT2D eigenvalue weighted by molar-refractivity contribution is 9.09. The van der Waals surface area contributed by atoms with Gasteiger partial charge in [-0.3, -0.25) is 0 Å². The van der Waals surface area contributed by atoms with Crippen molar-refractivity contribution in [3.05, 3.63) is 17.2 Å². The lowest BCUT2D eigenvalue weighted by Gasteiger charge is -2.05. The Morgan fingerprint density at radius 3 is 2.50 bits per heavy atom. The number of aromatic nitrogens is 2. The third-order valence-corrected chi connectivity index (χ3v) is 2.58. The molecule has 0 aliphatic heterocycles. The molecule has 1 rings (SSSR count). The Morgan fingerprint density at radius 2 is 2.17 bits per heavy atom. The number of halogens is 1. The van der Waals surface area contributed by atoms with Crippen molar-refractivity contribution in [2.45, 2.75) is 18.7 Å². The van der Waals surface area contributed by atoms with Crippen LogP contribution >= 0.6 is 15.9 Å². The fraction of sp³-hybridized carbons (Fsp3) is 0.500. The summed E-state index contributed by atoms with van der Waals surface area (Å²) in [4.78, 5) is 14.5. The molecule has 0 spiro atoms. The first-order valence-electron chi connectivity index (χ1n) is 3.67. The molecule has 0 aliphatic rings. The summed E-state index contributed by atoms with van der Waals surface area (Å²) in [6, 6.07) is 0. The van der Waals surface area contributed by atoms with E-state index in [9.17, 15) is 4.79 Å². The lowest BCUT2D eigenvalue weighted by atomic mass is 10.3. The van der Waals surface area contributed by atoms with Crippen molar-refractivity contribution < 1.29 is 4.79 Å². The number of aldehydes is 1. The topological polar surface area (TPSA) is 34.9 Å². The monoisotopic (exact) mass is 230 g/mol. The maximum Gasteiger partial charge on any atom is 0.139 e. The second kappa shape index (κ2) is 3.39. The molecule has 0 saturated heterocycles. The number of hydrogen-bond acceptors (Lipinski definition) is 2. The van der Waals surface area contributed by atoms with Crippen LogP contribution in [-0.4, -0.2) is 15.8 Å². The Hall–Kier alpha value is -0.640. The van der Waals surface area contributed by atoms with Crippen LogP contribution in [0.5, 0.6) is 0 Å². The van der Waals surface area contributed by atoms with Gasteiger partial charge in [0.15, 0.2) is 0 Å². The van der Waals surface area contributed by atoms with Gasteiger partial charge >= 0.3 is 0 Å². The number of hydrogen-bond donors (Lipinski definition) is 0. The highest BCUT2D eigenvalue weighted by Gasteiger charge is 2.15. The van der Waals surface area contributed by atoms with E-state index in [4.69, 9.17) is 0 Å². The molecule has 1 heterocycles. The van der Waals surface area contributed by atoms with Crippen LogP contribution in [-0.2, 0) is 11.8 Å². The molecule has 0 radical (unpaired) electrons. The first kappa shape index (κ1) is 9.45. The molecule has 4 heteroatoms. The number of carbonyl (C=O) groups excluding carboxylic acids is 1. The maximum atomic E-state index is 10.5. The van der Waals surface area contributed by atoms with E-state index in [1.165, 1.54) is 0 Å². The maximum absolute atomic E-state index is 10.5. The molecule has 0 aliphatic carbocycles. The molecule has 0 fully saturated rings. The molecule has 1 aromatic heterocycles. The van der Waals surface area contributed by atoms with Gasteiger partial charge in [-0.1, -0.05) is 15.9 Å². The standard InChI is InChI=1S/C8H11BrN2O/c1-5-8(7(9)4-12)11(3)6(2)10-5/h4,7H,1-3H3. The normalized spacial score (nSPS) is 13.0. The molecule has 66 valence electrons. The second-order valence-corrected chi connectivity index (χ2v) is 3.71. The van der Waals surface area contributed by atoms with Crippen LogP contribution in [0.3, 0.4) is 0 Å². The van der Waals surface area contributed by atoms with Crippen molar-refractivity contribution in [2.75, 3.05) is 0 Å². The zero-order chi connectivity index (χ0) is 9.30. The SMILES string of the molecule is Cc1nc(C)n(C)c1C(Br)C=O. The quantitative estimate of drug-likeness (QED) is 0.573. The van der Waals surface area contributed by atoms with E-state index in [0.29, 0.717) is 0 Å². The molecule has 1 atom stereocenters. The van der Waals surface area contributed by atoms with Crippen LogP contribution in [0, 0.1) is 13.8 Å². The lowest BCUT2D eigenvalue weighted by molar-refractivity contribution is -0.107. The molecule has 1 unspecified atom stereocenters. The predicted octanol–water partition coefficient (Wildman–Crippen LogP) is 1.67. The van der Waals surface area contributed by atoms with Gasteiger partial charge in [-0.15, -0.1) is 0 Å². The molecule has 0 amide bonds. The Morgan fingerprint density at radius 1 is 1.58 bits per heavy atom. The molecule has 0 saturated carbocycles. The summed E-state index contributed by atoms with van der Waals surface area (Å²) in [7, 11) is 1.91. The smallest absolute Gasteiger partial charge is 0.139 e. The number of aryl methyl sites for hydroxylation is 2. The van der Waals surface area contributed by atoms with Gasteiger partial charge in [-0.25, -0.2) is 4.98 Å². The summed E-state index contributed by atoms with van der Waals surface area (Å²) in [6.45, 7) is 3.82. The van der Waals surface area contributed by atoms with E-state index in [2.05, 4.69) is 20.9 Å². The molecule has 0 bridgehead atoms. The van der Waals surface area contributed by atoms with Gasteiger partial charge in [0.1, 0.15) is 16.9 Å². The van der Waals surface area contributed by atoms with E-state index in [0.717, 1.165) is 23.5 Å². The Bertz CT molecular complexity index is 306. The third kappa shape index (κ3) is 1.43. The number of imidazole rings is 1. The van der Waals surface area contributed by atoms with Crippen molar-refractivity contribution in [3.63, 3.8) is 0 Å². The molecule has 0 N–H and O–H groups in total. The molecule has 1 aromatic rings. The van der Waals surface area contributed by atoms with Gasteiger partial charge in [0, 0.05) is 7.05 Å². The average molecular weight is 231 g/mol. The first-order chi connectivity index (χ1) is 5.57.